The molecule has 2 atom stereocenters. The van der Waals surface area contributed by atoms with Crippen LogP contribution >= 0.6 is 11.6 Å². The van der Waals surface area contributed by atoms with Crippen molar-refractivity contribution in [1.82, 2.24) is 4.90 Å². The highest BCUT2D eigenvalue weighted by molar-refractivity contribution is 6.33. The molecule has 0 radical (unpaired) electrons. The van der Waals surface area contributed by atoms with Crippen LogP contribution in [0.25, 0.3) is 0 Å². The van der Waals surface area contributed by atoms with Crippen molar-refractivity contribution in [3.8, 4) is 0 Å². The second-order valence-electron chi connectivity index (χ2n) is 5.81. The lowest BCUT2D eigenvalue weighted by atomic mass is 9.95. The average Bonchev–Trinajstić information content (AvgIpc) is 2.46. The van der Waals surface area contributed by atoms with Crippen LogP contribution in [0, 0.1) is 0 Å². The first-order valence-electron chi connectivity index (χ1n) is 7.55. The molecule has 2 aliphatic heterocycles. The van der Waals surface area contributed by atoms with Gasteiger partial charge in [0.2, 0.25) is 0 Å². The molecule has 0 aromatic heterocycles. The summed E-state index contributed by atoms with van der Waals surface area (Å²) >= 11 is 6.40. The van der Waals surface area contributed by atoms with E-state index in [2.05, 4.69) is 28.9 Å². The number of piperidine rings is 1. The van der Waals surface area contributed by atoms with Gasteiger partial charge in [-0.15, -0.1) is 0 Å². The molecular formula is C16H23ClN2. The molecule has 2 unspecified atom stereocenters. The van der Waals surface area contributed by atoms with Gasteiger partial charge in [-0.1, -0.05) is 37.1 Å². The summed E-state index contributed by atoms with van der Waals surface area (Å²) in [6.45, 7) is 5.92. The zero-order valence-electron chi connectivity index (χ0n) is 11.7. The number of benzene rings is 1. The molecule has 2 nitrogen and oxygen atoms in total. The Labute approximate surface area is 121 Å². The zero-order valence-corrected chi connectivity index (χ0v) is 12.4. The van der Waals surface area contributed by atoms with Gasteiger partial charge in [-0.3, -0.25) is 4.90 Å². The van der Waals surface area contributed by atoms with Gasteiger partial charge in [-0.2, -0.15) is 0 Å². The fourth-order valence-corrected chi connectivity index (χ4v) is 3.83. The summed E-state index contributed by atoms with van der Waals surface area (Å²) in [5.41, 5.74) is 1.22. The normalized spacial score (nSPS) is 28.2. The van der Waals surface area contributed by atoms with E-state index in [1.807, 2.05) is 12.1 Å². The van der Waals surface area contributed by atoms with Gasteiger partial charge in [0.15, 0.2) is 0 Å². The summed E-state index contributed by atoms with van der Waals surface area (Å²) in [4.78, 5) is 5.25. The van der Waals surface area contributed by atoms with Crippen molar-refractivity contribution in [2.75, 3.05) is 24.5 Å². The molecule has 3 rings (SSSR count). The maximum Gasteiger partial charge on any atom is 0.0639 e. The third-order valence-corrected chi connectivity index (χ3v) is 5.00. The molecule has 0 aliphatic carbocycles. The lowest BCUT2D eigenvalue weighted by Gasteiger charge is -2.49. The quantitative estimate of drug-likeness (QED) is 0.812. The molecule has 1 aromatic rings. The van der Waals surface area contributed by atoms with Crippen LogP contribution in [0.1, 0.15) is 32.6 Å². The molecule has 0 saturated carbocycles. The maximum atomic E-state index is 6.40. The summed E-state index contributed by atoms with van der Waals surface area (Å²) < 4.78 is 0. The van der Waals surface area contributed by atoms with E-state index in [0.29, 0.717) is 6.04 Å². The van der Waals surface area contributed by atoms with Crippen LogP contribution in [0.4, 0.5) is 5.69 Å². The van der Waals surface area contributed by atoms with Crippen molar-refractivity contribution in [2.45, 2.75) is 44.7 Å². The number of fused-ring (bicyclic) bond motifs is 1. The Morgan fingerprint density at radius 1 is 1.21 bits per heavy atom. The fourth-order valence-electron chi connectivity index (χ4n) is 3.58. The highest BCUT2D eigenvalue weighted by Gasteiger charge is 2.34. The van der Waals surface area contributed by atoms with Gasteiger partial charge in [0, 0.05) is 25.2 Å². The van der Waals surface area contributed by atoms with E-state index < -0.39 is 0 Å². The van der Waals surface area contributed by atoms with Crippen LogP contribution in [0.5, 0.6) is 0 Å². The van der Waals surface area contributed by atoms with E-state index in [0.717, 1.165) is 17.6 Å². The first kappa shape index (κ1) is 13.3. The summed E-state index contributed by atoms with van der Waals surface area (Å²) in [7, 11) is 0. The van der Waals surface area contributed by atoms with Crippen molar-refractivity contribution < 1.29 is 0 Å². The summed E-state index contributed by atoms with van der Waals surface area (Å²) in [6.07, 6.45) is 5.29. The topological polar surface area (TPSA) is 6.48 Å². The minimum atomic E-state index is 0.606. The third kappa shape index (κ3) is 2.61. The van der Waals surface area contributed by atoms with Crippen LogP contribution in [-0.2, 0) is 0 Å². The Hall–Kier alpha value is -0.730. The highest BCUT2D eigenvalue weighted by atomic mass is 35.5. The maximum absolute atomic E-state index is 6.40. The van der Waals surface area contributed by atoms with E-state index >= 15 is 0 Å². The molecular weight excluding hydrogens is 256 g/mol. The molecule has 1 aromatic carbocycles. The van der Waals surface area contributed by atoms with Gasteiger partial charge in [0.1, 0.15) is 0 Å². The number of para-hydroxylation sites is 1. The fraction of sp³-hybridized carbons (Fsp3) is 0.625. The average molecular weight is 279 g/mol. The summed E-state index contributed by atoms with van der Waals surface area (Å²) in [6, 6.07) is 9.63. The number of hydrogen-bond acceptors (Lipinski definition) is 2. The standard InChI is InChI=1S/C16H23ClN2/c1-2-13-11-18-10-6-5-7-14(18)12-19(13)16-9-4-3-8-15(16)17/h3-4,8-9,13-14H,2,5-7,10-12H2,1H3. The minimum absolute atomic E-state index is 0.606. The van der Waals surface area contributed by atoms with Crippen LogP contribution in [0.3, 0.4) is 0 Å². The Morgan fingerprint density at radius 2 is 2.05 bits per heavy atom. The number of rotatable bonds is 2. The summed E-state index contributed by atoms with van der Waals surface area (Å²) in [5, 5.41) is 0.894. The highest BCUT2D eigenvalue weighted by Crippen LogP contribution is 2.33. The number of anilines is 1. The van der Waals surface area contributed by atoms with Gasteiger partial charge >= 0.3 is 0 Å². The Morgan fingerprint density at radius 3 is 2.84 bits per heavy atom. The molecule has 19 heavy (non-hydrogen) atoms. The van der Waals surface area contributed by atoms with Crippen molar-refractivity contribution in [1.29, 1.82) is 0 Å². The molecule has 2 saturated heterocycles. The second kappa shape index (κ2) is 5.72. The monoisotopic (exact) mass is 278 g/mol. The SMILES string of the molecule is CCC1CN2CCCCC2CN1c1ccccc1Cl. The zero-order chi connectivity index (χ0) is 13.2. The predicted molar refractivity (Wildman–Crippen MR) is 82.1 cm³/mol. The lowest BCUT2D eigenvalue weighted by molar-refractivity contribution is 0.111. The van der Waals surface area contributed by atoms with Gasteiger partial charge < -0.3 is 4.90 Å². The Balaban J connectivity index is 1.85. The molecule has 104 valence electrons. The molecule has 2 heterocycles. The molecule has 0 amide bonds. The minimum Gasteiger partial charge on any atom is -0.364 e. The van der Waals surface area contributed by atoms with E-state index in [1.165, 1.54) is 44.5 Å². The number of piperazine rings is 1. The largest absolute Gasteiger partial charge is 0.364 e. The number of halogens is 1. The first-order valence-corrected chi connectivity index (χ1v) is 7.92. The van der Waals surface area contributed by atoms with E-state index in [9.17, 15) is 0 Å². The van der Waals surface area contributed by atoms with Gasteiger partial charge in [0.25, 0.3) is 0 Å². The Kier molecular flexibility index (Phi) is 3.99. The van der Waals surface area contributed by atoms with Gasteiger partial charge in [0.05, 0.1) is 10.7 Å². The van der Waals surface area contributed by atoms with E-state index in [-0.39, 0.29) is 0 Å². The third-order valence-electron chi connectivity index (χ3n) is 4.68. The van der Waals surface area contributed by atoms with Crippen LogP contribution in [-0.4, -0.2) is 36.6 Å². The lowest BCUT2D eigenvalue weighted by Crippen LogP contribution is -2.59. The van der Waals surface area contributed by atoms with Crippen LogP contribution in [0.15, 0.2) is 24.3 Å². The number of hydrogen-bond donors (Lipinski definition) is 0. The number of nitrogens with zero attached hydrogens (tertiary/aromatic N) is 2. The van der Waals surface area contributed by atoms with E-state index in [1.54, 1.807) is 0 Å². The second-order valence-corrected chi connectivity index (χ2v) is 6.22. The van der Waals surface area contributed by atoms with Crippen molar-refractivity contribution in [3.05, 3.63) is 29.3 Å². The van der Waals surface area contributed by atoms with Crippen molar-refractivity contribution >= 4 is 17.3 Å². The predicted octanol–water partition coefficient (Wildman–Crippen LogP) is 3.79. The molecule has 0 bridgehead atoms. The molecule has 3 heteroatoms. The summed E-state index contributed by atoms with van der Waals surface area (Å²) in [5.74, 6) is 0. The molecule has 0 N–H and O–H groups in total. The molecule has 2 fully saturated rings. The van der Waals surface area contributed by atoms with Gasteiger partial charge in [-0.25, -0.2) is 0 Å². The smallest absolute Gasteiger partial charge is 0.0639 e. The molecule has 0 spiro atoms. The molecule has 2 aliphatic rings. The van der Waals surface area contributed by atoms with Crippen LogP contribution < -0.4 is 4.90 Å². The van der Waals surface area contributed by atoms with Crippen LogP contribution in [0.2, 0.25) is 5.02 Å². The Bertz CT molecular complexity index is 435. The van der Waals surface area contributed by atoms with Gasteiger partial charge in [-0.05, 0) is 37.9 Å². The van der Waals surface area contributed by atoms with Crippen molar-refractivity contribution in [2.24, 2.45) is 0 Å². The first-order chi connectivity index (χ1) is 9.29. The van der Waals surface area contributed by atoms with Crippen molar-refractivity contribution in [3.63, 3.8) is 0 Å². The van der Waals surface area contributed by atoms with E-state index in [4.69, 9.17) is 11.6 Å².